The minimum Gasteiger partial charge on any atom is -0.478 e. The molecule has 82 valence electrons. The number of carbonyl (C=O) groups excluding carboxylic acids is 1. The smallest absolute Gasteiger partial charge is 0.257 e. The van der Waals surface area contributed by atoms with Crippen molar-refractivity contribution in [3.8, 4) is 0 Å². The van der Waals surface area contributed by atoms with Crippen LogP contribution in [0.25, 0.3) is 10.9 Å². The molecule has 2 rings (SSSR count). The van der Waals surface area contributed by atoms with Crippen LogP contribution in [-0.4, -0.2) is 29.5 Å². The van der Waals surface area contributed by atoms with Crippen molar-refractivity contribution in [2.24, 2.45) is 5.16 Å². The van der Waals surface area contributed by atoms with Gasteiger partial charge in [0.1, 0.15) is 0 Å². The number of aromatic amines is 1. The second-order valence-corrected chi connectivity index (χ2v) is 3.20. The van der Waals surface area contributed by atoms with Crippen LogP contribution in [0.2, 0.25) is 0 Å². The zero-order chi connectivity index (χ0) is 11.5. The highest BCUT2D eigenvalue weighted by molar-refractivity contribution is 6.11. The summed E-state index contributed by atoms with van der Waals surface area (Å²) in [7, 11) is 1.40. The number of fused-ring (bicyclic) bond motifs is 1. The monoisotopic (exact) mass is 218 g/mol. The number of hydrogen-bond acceptors (Lipinski definition) is 4. The number of carbonyl (C=O) groups is 1. The van der Waals surface area contributed by atoms with E-state index in [-0.39, 0.29) is 5.90 Å². The Balaban J connectivity index is 2.78. The molecule has 0 fully saturated rings. The summed E-state index contributed by atoms with van der Waals surface area (Å²) in [6, 6.07) is 5.34. The van der Waals surface area contributed by atoms with Crippen molar-refractivity contribution in [3.63, 3.8) is 0 Å². The van der Waals surface area contributed by atoms with Crippen molar-refractivity contribution in [1.82, 2.24) is 4.98 Å². The fourth-order valence-corrected chi connectivity index (χ4v) is 1.69. The number of rotatable bonds is 2. The van der Waals surface area contributed by atoms with Gasteiger partial charge in [0.25, 0.3) is 5.90 Å². The SMILES string of the molecule is COC(=NO)c1cccc2[nH]cc(C=O)c12. The van der Waals surface area contributed by atoms with E-state index in [2.05, 4.69) is 10.1 Å². The Morgan fingerprint density at radius 2 is 2.38 bits per heavy atom. The lowest BCUT2D eigenvalue weighted by molar-refractivity contribution is 0.112. The van der Waals surface area contributed by atoms with Crippen molar-refractivity contribution in [2.75, 3.05) is 7.11 Å². The van der Waals surface area contributed by atoms with Crippen molar-refractivity contribution < 1.29 is 14.7 Å². The molecule has 16 heavy (non-hydrogen) atoms. The van der Waals surface area contributed by atoms with Crippen LogP contribution in [0.15, 0.2) is 29.6 Å². The third-order valence-corrected chi connectivity index (χ3v) is 2.38. The number of benzene rings is 1. The zero-order valence-corrected chi connectivity index (χ0v) is 8.60. The maximum absolute atomic E-state index is 10.9. The third-order valence-electron chi connectivity index (χ3n) is 2.38. The van der Waals surface area contributed by atoms with E-state index in [9.17, 15) is 4.79 Å². The average Bonchev–Trinajstić information content (AvgIpc) is 2.74. The van der Waals surface area contributed by atoms with Gasteiger partial charge in [0.05, 0.1) is 7.11 Å². The van der Waals surface area contributed by atoms with Crippen molar-refractivity contribution in [2.45, 2.75) is 0 Å². The summed E-state index contributed by atoms with van der Waals surface area (Å²) in [5.41, 5.74) is 1.87. The molecule has 0 saturated heterocycles. The summed E-state index contributed by atoms with van der Waals surface area (Å²) >= 11 is 0. The average molecular weight is 218 g/mol. The Morgan fingerprint density at radius 3 is 3.00 bits per heavy atom. The maximum Gasteiger partial charge on any atom is 0.257 e. The molecule has 5 heteroatoms. The highest BCUT2D eigenvalue weighted by Gasteiger charge is 2.13. The first kappa shape index (κ1) is 10.2. The van der Waals surface area contributed by atoms with Crippen LogP contribution in [-0.2, 0) is 4.74 Å². The first-order chi connectivity index (χ1) is 7.81. The second-order valence-electron chi connectivity index (χ2n) is 3.20. The molecule has 0 atom stereocenters. The van der Waals surface area contributed by atoms with E-state index < -0.39 is 0 Å². The van der Waals surface area contributed by atoms with Gasteiger partial charge in [-0.15, -0.1) is 0 Å². The molecule has 1 heterocycles. The van der Waals surface area contributed by atoms with Gasteiger partial charge in [0, 0.05) is 28.2 Å². The normalized spacial score (nSPS) is 11.7. The Morgan fingerprint density at radius 1 is 1.56 bits per heavy atom. The van der Waals surface area contributed by atoms with E-state index in [4.69, 9.17) is 9.94 Å². The number of methoxy groups -OCH3 is 1. The van der Waals surface area contributed by atoms with Gasteiger partial charge in [0.15, 0.2) is 6.29 Å². The maximum atomic E-state index is 10.9. The van der Waals surface area contributed by atoms with Gasteiger partial charge in [-0.2, -0.15) is 0 Å². The Kier molecular flexibility index (Phi) is 2.59. The molecule has 2 N–H and O–H groups in total. The fourth-order valence-electron chi connectivity index (χ4n) is 1.69. The standard InChI is InChI=1S/C11H10N2O3/c1-16-11(13-15)8-3-2-4-9-10(8)7(6-14)5-12-9/h2-6,12,15H,1H3. The molecule has 1 aromatic carbocycles. The Bertz CT molecular complexity index is 557. The highest BCUT2D eigenvalue weighted by Crippen LogP contribution is 2.22. The zero-order valence-electron chi connectivity index (χ0n) is 8.60. The molecule has 0 aliphatic rings. The van der Waals surface area contributed by atoms with Crippen LogP contribution >= 0.6 is 0 Å². The number of H-pyrrole nitrogens is 1. The van der Waals surface area contributed by atoms with Gasteiger partial charge >= 0.3 is 0 Å². The molecular formula is C11H10N2O3. The molecule has 0 unspecified atom stereocenters. The largest absolute Gasteiger partial charge is 0.478 e. The number of aldehydes is 1. The van der Waals surface area contributed by atoms with Gasteiger partial charge in [0.2, 0.25) is 0 Å². The number of nitrogens with one attached hydrogen (secondary N) is 1. The van der Waals surface area contributed by atoms with E-state index in [0.29, 0.717) is 16.5 Å². The molecule has 0 aliphatic carbocycles. The molecular weight excluding hydrogens is 208 g/mol. The molecule has 2 aromatic rings. The van der Waals surface area contributed by atoms with Gasteiger partial charge in [-0.1, -0.05) is 6.07 Å². The van der Waals surface area contributed by atoms with Gasteiger partial charge in [-0.3, -0.25) is 4.79 Å². The number of hydrogen-bond donors (Lipinski definition) is 2. The lowest BCUT2D eigenvalue weighted by Crippen LogP contribution is -2.04. The number of oxime groups is 1. The first-order valence-corrected chi connectivity index (χ1v) is 4.63. The van der Waals surface area contributed by atoms with Crippen LogP contribution in [0.3, 0.4) is 0 Å². The van der Waals surface area contributed by atoms with Crippen LogP contribution in [0, 0.1) is 0 Å². The number of aromatic nitrogens is 1. The summed E-state index contributed by atoms with van der Waals surface area (Å²) < 4.78 is 4.93. The molecule has 0 radical (unpaired) electrons. The summed E-state index contributed by atoms with van der Waals surface area (Å²) in [6.45, 7) is 0. The minimum absolute atomic E-state index is 0.0771. The van der Waals surface area contributed by atoms with Crippen molar-refractivity contribution in [3.05, 3.63) is 35.5 Å². The van der Waals surface area contributed by atoms with Crippen molar-refractivity contribution in [1.29, 1.82) is 0 Å². The van der Waals surface area contributed by atoms with E-state index >= 15 is 0 Å². The van der Waals surface area contributed by atoms with E-state index in [0.717, 1.165) is 11.8 Å². The predicted molar refractivity (Wildman–Crippen MR) is 59.0 cm³/mol. The van der Waals surface area contributed by atoms with Gasteiger partial charge in [-0.05, 0) is 17.3 Å². The molecule has 1 aromatic heterocycles. The molecule has 0 spiro atoms. The van der Waals surface area contributed by atoms with Gasteiger partial charge in [-0.25, -0.2) is 0 Å². The van der Waals surface area contributed by atoms with Crippen LogP contribution in [0.4, 0.5) is 0 Å². The molecule has 0 amide bonds. The number of ether oxygens (including phenoxy) is 1. The first-order valence-electron chi connectivity index (χ1n) is 4.63. The summed E-state index contributed by atoms with van der Waals surface area (Å²) in [6.07, 6.45) is 2.35. The molecule has 0 saturated carbocycles. The Labute approximate surface area is 91.3 Å². The number of nitrogens with zero attached hydrogens (tertiary/aromatic N) is 1. The Hall–Kier alpha value is -2.30. The molecule has 0 aliphatic heterocycles. The van der Waals surface area contributed by atoms with Crippen LogP contribution in [0.5, 0.6) is 0 Å². The summed E-state index contributed by atoms with van der Waals surface area (Å²) in [5, 5.41) is 12.5. The summed E-state index contributed by atoms with van der Waals surface area (Å²) in [5.74, 6) is 0.0771. The van der Waals surface area contributed by atoms with E-state index in [1.807, 2.05) is 6.07 Å². The molecule has 0 bridgehead atoms. The van der Waals surface area contributed by atoms with E-state index in [1.54, 1.807) is 18.3 Å². The van der Waals surface area contributed by atoms with Gasteiger partial charge < -0.3 is 14.9 Å². The topological polar surface area (TPSA) is 74.7 Å². The molecule has 5 nitrogen and oxygen atoms in total. The lowest BCUT2D eigenvalue weighted by Gasteiger charge is -2.04. The van der Waals surface area contributed by atoms with Crippen molar-refractivity contribution >= 4 is 23.1 Å². The summed E-state index contributed by atoms with van der Waals surface area (Å²) in [4.78, 5) is 13.8. The van der Waals surface area contributed by atoms with E-state index in [1.165, 1.54) is 7.11 Å². The highest BCUT2D eigenvalue weighted by atomic mass is 16.5. The second kappa shape index (κ2) is 4.06. The minimum atomic E-state index is 0.0771. The van der Waals surface area contributed by atoms with Crippen LogP contribution < -0.4 is 0 Å². The predicted octanol–water partition coefficient (Wildman–Crippen LogP) is 1.76. The lowest BCUT2D eigenvalue weighted by atomic mass is 10.1. The quantitative estimate of drug-likeness (QED) is 0.265. The van der Waals surface area contributed by atoms with Crippen LogP contribution in [0.1, 0.15) is 15.9 Å². The fraction of sp³-hybridized carbons (Fsp3) is 0.0909. The third kappa shape index (κ3) is 1.42.